The van der Waals surface area contributed by atoms with Crippen molar-refractivity contribution in [2.45, 2.75) is 25.3 Å². The highest BCUT2D eigenvalue weighted by Crippen LogP contribution is 2.27. The third-order valence-corrected chi connectivity index (χ3v) is 3.35. The number of halogens is 2. The third kappa shape index (κ3) is 2.60. The van der Waals surface area contributed by atoms with E-state index >= 15 is 0 Å². The van der Waals surface area contributed by atoms with Crippen molar-refractivity contribution in [1.82, 2.24) is 5.32 Å². The average molecular weight is 285 g/mol. The smallest absolute Gasteiger partial charge is 0.307 e. The van der Waals surface area contributed by atoms with E-state index in [1.165, 1.54) is 0 Å². The zero-order valence-electron chi connectivity index (χ0n) is 10.7. The predicted molar refractivity (Wildman–Crippen MR) is 67.3 cm³/mol. The molecule has 0 radical (unpaired) electrons. The number of hydrogen-bond donors (Lipinski definition) is 2. The van der Waals surface area contributed by atoms with Crippen molar-refractivity contribution in [3.63, 3.8) is 0 Å². The molecule has 0 bridgehead atoms. The molecule has 6 nitrogen and oxygen atoms in total. The number of benzene rings is 1. The molecule has 0 spiro atoms. The summed E-state index contributed by atoms with van der Waals surface area (Å²) < 4.78 is 26.8. The second-order valence-electron chi connectivity index (χ2n) is 4.86. The number of hydrogen-bond acceptors (Lipinski definition) is 4. The van der Waals surface area contributed by atoms with E-state index in [9.17, 15) is 23.7 Å². The number of anilines is 1. The molecule has 20 heavy (non-hydrogen) atoms. The molecular formula is C12H13F2N3O3. The van der Waals surface area contributed by atoms with Gasteiger partial charge in [0, 0.05) is 12.1 Å². The number of rotatable bonds is 3. The first-order valence-corrected chi connectivity index (χ1v) is 6.03. The standard InChI is InChI=1S/C12H13F2N3O3/c1-12(3-2-4-15-12)11(18)16-9-6-10(17(19)20)8(14)5-7(9)13/h5-6,15H,2-4H2,1H3,(H,16,18). The summed E-state index contributed by atoms with van der Waals surface area (Å²) in [5.41, 5.74) is -2.14. The van der Waals surface area contributed by atoms with Crippen LogP contribution in [0.4, 0.5) is 20.2 Å². The Balaban J connectivity index is 2.27. The van der Waals surface area contributed by atoms with Gasteiger partial charge in [-0.2, -0.15) is 4.39 Å². The van der Waals surface area contributed by atoms with Gasteiger partial charge in [-0.05, 0) is 26.3 Å². The fraction of sp³-hybridized carbons (Fsp3) is 0.417. The van der Waals surface area contributed by atoms with Crippen molar-refractivity contribution >= 4 is 17.3 Å². The molecule has 0 aliphatic carbocycles. The van der Waals surface area contributed by atoms with Gasteiger partial charge in [0.05, 0.1) is 16.1 Å². The van der Waals surface area contributed by atoms with E-state index in [1.54, 1.807) is 6.92 Å². The monoisotopic (exact) mass is 285 g/mol. The Labute approximate surface area is 113 Å². The molecule has 1 aliphatic heterocycles. The van der Waals surface area contributed by atoms with Gasteiger partial charge >= 0.3 is 5.69 Å². The largest absolute Gasteiger partial charge is 0.322 e. The molecule has 2 rings (SSSR count). The van der Waals surface area contributed by atoms with Crippen molar-refractivity contribution in [3.05, 3.63) is 33.9 Å². The molecule has 2 N–H and O–H groups in total. The van der Waals surface area contributed by atoms with Crippen LogP contribution in [0.15, 0.2) is 12.1 Å². The molecule has 8 heteroatoms. The quantitative estimate of drug-likeness (QED) is 0.656. The lowest BCUT2D eigenvalue weighted by Crippen LogP contribution is -2.48. The van der Waals surface area contributed by atoms with E-state index in [1.807, 2.05) is 0 Å². The molecule has 1 atom stereocenters. The highest BCUT2D eigenvalue weighted by Gasteiger charge is 2.36. The summed E-state index contributed by atoms with van der Waals surface area (Å²) in [5.74, 6) is -2.84. The molecule has 108 valence electrons. The maximum atomic E-state index is 13.6. The topological polar surface area (TPSA) is 84.3 Å². The van der Waals surface area contributed by atoms with Crippen LogP contribution < -0.4 is 10.6 Å². The van der Waals surface area contributed by atoms with Crippen LogP contribution in [0, 0.1) is 21.7 Å². The lowest BCUT2D eigenvalue weighted by Gasteiger charge is -2.23. The Bertz CT molecular complexity index is 571. The Morgan fingerprint density at radius 3 is 2.70 bits per heavy atom. The highest BCUT2D eigenvalue weighted by atomic mass is 19.1. The molecule has 1 aliphatic rings. The first-order chi connectivity index (χ1) is 9.33. The van der Waals surface area contributed by atoms with Gasteiger partial charge in [-0.3, -0.25) is 14.9 Å². The molecule has 1 heterocycles. The van der Waals surface area contributed by atoms with Gasteiger partial charge in [-0.1, -0.05) is 0 Å². The van der Waals surface area contributed by atoms with Crippen LogP contribution >= 0.6 is 0 Å². The lowest BCUT2D eigenvalue weighted by molar-refractivity contribution is -0.387. The minimum atomic E-state index is -1.28. The normalized spacial score (nSPS) is 21.8. The van der Waals surface area contributed by atoms with Crippen LogP contribution in [0.1, 0.15) is 19.8 Å². The minimum absolute atomic E-state index is 0.387. The molecule has 1 amide bonds. The van der Waals surface area contributed by atoms with E-state index in [0.717, 1.165) is 6.42 Å². The predicted octanol–water partition coefficient (Wildman–Crippen LogP) is 1.95. The molecule has 1 fully saturated rings. The SMILES string of the molecule is CC1(C(=O)Nc2cc([N+](=O)[O-])c(F)cc2F)CCCN1. The van der Waals surface area contributed by atoms with Gasteiger partial charge in [0.25, 0.3) is 0 Å². The molecular weight excluding hydrogens is 272 g/mol. The van der Waals surface area contributed by atoms with E-state index in [-0.39, 0.29) is 0 Å². The van der Waals surface area contributed by atoms with Crippen molar-refractivity contribution < 1.29 is 18.5 Å². The summed E-state index contributed by atoms with van der Waals surface area (Å²) in [6.07, 6.45) is 1.37. The summed E-state index contributed by atoms with van der Waals surface area (Å²) in [6.45, 7) is 2.32. The molecule has 0 aromatic heterocycles. The second kappa shape index (κ2) is 5.12. The Hall–Kier alpha value is -2.09. The second-order valence-corrected chi connectivity index (χ2v) is 4.86. The molecule has 1 aromatic carbocycles. The van der Waals surface area contributed by atoms with Crippen LogP contribution in [-0.4, -0.2) is 22.9 Å². The molecule has 1 unspecified atom stereocenters. The van der Waals surface area contributed by atoms with Gasteiger partial charge in [0.15, 0.2) is 0 Å². The summed E-state index contributed by atoms with van der Waals surface area (Å²) in [4.78, 5) is 21.7. The van der Waals surface area contributed by atoms with Gasteiger partial charge in [-0.25, -0.2) is 4.39 Å². The number of nitro groups is 1. The van der Waals surface area contributed by atoms with Crippen molar-refractivity contribution in [1.29, 1.82) is 0 Å². The first kappa shape index (κ1) is 14.3. The molecule has 1 aromatic rings. The number of carbonyl (C=O) groups excluding carboxylic acids is 1. The number of amides is 1. The summed E-state index contributed by atoms with van der Waals surface area (Å²) in [5, 5.41) is 15.9. The van der Waals surface area contributed by atoms with Crippen LogP contribution in [0.2, 0.25) is 0 Å². The summed E-state index contributed by atoms with van der Waals surface area (Å²) >= 11 is 0. The van der Waals surface area contributed by atoms with Gasteiger partial charge in [-0.15, -0.1) is 0 Å². The summed E-state index contributed by atoms with van der Waals surface area (Å²) in [7, 11) is 0. The molecule has 0 saturated carbocycles. The van der Waals surface area contributed by atoms with E-state index < -0.39 is 39.4 Å². The number of carbonyl (C=O) groups is 1. The van der Waals surface area contributed by atoms with E-state index in [0.29, 0.717) is 25.1 Å². The maximum Gasteiger partial charge on any atom is 0.307 e. The fourth-order valence-electron chi connectivity index (χ4n) is 2.12. The van der Waals surface area contributed by atoms with Crippen LogP contribution in [-0.2, 0) is 4.79 Å². The lowest BCUT2D eigenvalue weighted by atomic mass is 9.99. The van der Waals surface area contributed by atoms with Crippen molar-refractivity contribution in [3.8, 4) is 0 Å². The maximum absolute atomic E-state index is 13.6. The number of nitrogens with zero attached hydrogens (tertiary/aromatic N) is 1. The van der Waals surface area contributed by atoms with Crippen molar-refractivity contribution in [2.75, 3.05) is 11.9 Å². The summed E-state index contributed by atoms with van der Waals surface area (Å²) in [6, 6.07) is 1.07. The van der Waals surface area contributed by atoms with E-state index in [4.69, 9.17) is 0 Å². The number of nitrogens with one attached hydrogen (secondary N) is 2. The van der Waals surface area contributed by atoms with Gasteiger partial charge < -0.3 is 10.6 Å². The zero-order valence-corrected chi connectivity index (χ0v) is 10.7. The van der Waals surface area contributed by atoms with Crippen LogP contribution in [0.25, 0.3) is 0 Å². The Morgan fingerprint density at radius 1 is 1.45 bits per heavy atom. The average Bonchev–Trinajstić information content (AvgIpc) is 2.80. The molecule has 1 saturated heterocycles. The Kier molecular flexibility index (Phi) is 3.67. The zero-order chi connectivity index (χ0) is 14.9. The first-order valence-electron chi connectivity index (χ1n) is 6.03. The van der Waals surface area contributed by atoms with Crippen LogP contribution in [0.5, 0.6) is 0 Å². The highest BCUT2D eigenvalue weighted by molar-refractivity contribution is 5.98. The Morgan fingerprint density at radius 2 is 2.15 bits per heavy atom. The van der Waals surface area contributed by atoms with Crippen LogP contribution in [0.3, 0.4) is 0 Å². The van der Waals surface area contributed by atoms with Gasteiger partial charge in [0.2, 0.25) is 11.7 Å². The van der Waals surface area contributed by atoms with E-state index in [2.05, 4.69) is 10.6 Å². The van der Waals surface area contributed by atoms with Crippen molar-refractivity contribution in [2.24, 2.45) is 0 Å². The fourth-order valence-corrected chi connectivity index (χ4v) is 2.12. The minimum Gasteiger partial charge on any atom is -0.322 e. The van der Waals surface area contributed by atoms with Gasteiger partial charge in [0.1, 0.15) is 5.82 Å². The third-order valence-electron chi connectivity index (χ3n) is 3.35. The number of nitro benzene ring substituents is 1.